The molecule has 32 heavy (non-hydrogen) atoms. The first-order valence-corrected chi connectivity index (χ1v) is 10.4. The van der Waals surface area contributed by atoms with E-state index in [1.165, 1.54) is 29.5 Å². The first kappa shape index (κ1) is 23.0. The summed E-state index contributed by atoms with van der Waals surface area (Å²) in [7, 11) is 0. The van der Waals surface area contributed by atoms with Gasteiger partial charge in [-0.3, -0.25) is 14.9 Å². The third-order valence-electron chi connectivity index (χ3n) is 5.50. The van der Waals surface area contributed by atoms with Gasteiger partial charge in [0.15, 0.2) is 12.4 Å². The number of benzene rings is 2. The Labute approximate surface area is 187 Å². The first-order valence-electron chi connectivity index (χ1n) is 10.4. The van der Waals surface area contributed by atoms with Crippen LogP contribution in [0.3, 0.4) is 0 Å². The van der Waals surface area contributed by atoms with Gasteiger partial charge in [-0.1, -0.05) is 18.2 Å². The number of likely N-dealkylation sites (N-methyl/N-ethyl adjacent to an activating group) is 1. The number of hydrogen-bond acceptors (Lipinski definition) is 6. The number of rotatable bonds is 7. The average Bonchev–Trinajstić information content (AvgIpc) is 2.73. The van der Waals surface area contributed by atoms with E-state index >= 15 is 0 Å². The van der Waals surface area contributed by atoms with Gasteiger partial charge in [-0.2, -0.15) is 5.10 Å². The summed E-state index contributed by atoms with van der Waals surface area (Å²) in [5.41, 5.74) is 7.63. The van der Waals surface area contributed by atoms with Crippen LogP contribution in [0.1, 0.15) is 44.4 Å². The van der Waals surface area contributed by atoms with Gasteiger partial charge in [0.2, 0.25) is 0 Å². The van der Waals surface area contributed by atoms with Crippen molar-refractivity contribution in [1.29, 1.82) is 0 Å². The lowest BCUT2D eigenvalue weighted by molar-refractivity contribution is -0.385. The number of amides is 1. The number of allylic oxidation sites excluding steroid dienone is 1. The Morgan fingerprint density at radius 1 is 1.28 bits per heavy atom. The lowest BCUT2D eigenvalue weighted by atomic mass is 9.87. The number of hydrogen-bond donors (Lipinski definition) is 1. The van der Waals surface area contributed by atoms with E-state index in [0.29, 0.717) is 0 Å². The molecule has 1 amide bonds. The predicted octanol–water partition coefficient (Wildman–Crippen LogP) is 4.45. The Kier molecular flexibility index (Phi) is 6.62. The van der Waals surface area contributed by atoms with Gasteiger partial charge in [0.25, 0.3) is 5.91 Å². The van der Waals surface area contributed by atoms with E-state index in [9.17, 15) is 14.9 Å². The van der Waals surface area contributed by atoms with Gasteiger partial charge in [-0.25, -0.2) is 5.43 Å². The molecule has 0 fully saturated rings. The van der Waals surface area contributed by atoms with Crippen LogP contribution >= 0.6 is 0 Å². The number of nitrogens with zero attached hydrogens (tertiary/aromatic N) is 3. The Balaban J connectivity index is 1.69. The van der Waals surface area contributed by atoms with Gasteiger partial charge >= 0.3 is 5.69 Å². The van der Waals surface area contributed by atoms with Crippen LogP contribution in [0, 0.1) is 17.0 Å². The first-order chi connectivity index (χ1) is 15.1. The summed E-state index contributed by atoms with van der Waals surface area (Å²) < 4.78 is 5.28. The molecule has 8 nitrogen and oxygen atoms in total. The van der Waals surface area contributed by atoms with E-state index in [1.807, 2.05) is 6.92 Å². The van der Waals surface area contributed by atoms with Crippen molar-refractivity contribution < 1.29 is 14.5 Å². The lowest BCUT2D eigenvalue weighted by Gasteiger charge is -2.43. The van der Waals surface area contributed by atoms with Crippen LogP contribution in [0.25, 0.3) is 5.57 Å². The van der Waals surface area contributed by atoms with Crippen LogP contribution in [0.2, 0.25) is 0 Å². The molecule has 1 aliphatic rings. The number of aryl methyl sites for hydroxylation is 1. The summed E-state index contributed by atoms with van der Waals surface area (Å²) in [6, 6.07) is 10.1. The Bertz CT molecular complexity index is 1110. The number of nitro groups is 1. The van der Waals surface area contributed by atoms with Crippen molar-refractivity contribution >= 4 is 29.1 Å². The van der Waals surface area contributed by atoms with Gasteiger partial charge in [0.1, 0.15) is 0 Å². The second kappa shape index (κ2) is 9.21. The summed E-state index contributed by atoms with van der Waals surface area (Å²) in [6.45, 7) is 11.2. The number of ether oxygens (including phenoxy) is 1. The highest BCUT2D eigenvalue weighted by molar-refractivity contribution is 5.90. The molecule has 0 aliphatic carbocycles. The fourth-order valence-corrected chi connectivity index (χ4v) is 4.04. The van der Waals surface area contributed by atoms with Crippen molar-refractivity contribution in [3.63, 3.8) is 0 Å². The molecule has 1 heterocycles. The molecule has 168 valence electrons. The minimum absolute atomic E-state index is 0.0350. The van der Waals surface area contributed by atoms with Gasteiger partial charge < -0.3 is 9.64 Å². The third kappa shape index (κ3) is 4.80. The summed E-state index contributed by atoms with van der Waals surface area (Å²) in [5.74, 6) is -0.474. The molecular weight excluding hydrogens is 408 g/mol. The van der Waals surface area contributed by atoms with Crippen LogP contribution in [0.5, 0.6) is 5.75 Å². The molecular formula is C24H28N4O4. The van der Waals surface area contributed by atoms with Gasteiger partial charge in [-0.15, -0.1) is 0 Å². The minimum atomic E-state index is -0.554. The van der Waals surface area contributed by atoms with Gasteiger partial charge in [-0.05, 0) is 69.5 Å². The average molecular weight is 437 g/mol. The number of carbonyl (C=O) groups excluding carboxylic acids is 1. The number of nitrogens with one attached hydrogen (secondary N) is 1. The number of nitro benzene ring substituents is 1. The van der Waals surface area contributed by atoms with E-state index in [2.05, 4.69) is 61.3 Å². The van der Waals surface area contributed by atoms with Crippen molar-refractivity contribution in [2.24, 2.45) is 5.10 Å². The fraction of sp³-hybridized carbons (Fsp3) is 0.333. The Morgan fingerprint density at radius 3 is 2.69 bits per heavy atom. The lowest BCUT2D eigenvalue weighted by Crippen LogP contribution is -2.45. The van der Waals surface area contributed by atoms with Gasteiger partial charge in [0, 0.05) is 23.9 Å². The molecule has 2 aromatic carbocycles. The molecule has 2 aromatic rings. The predicted molar refractivity (Wildman–Crippen MR) is 126 cm³/mol. The monoisotopic (exact) mass is 436 g/mol. The maximum Gasteiger partial charge on any atom is 0.310 e. The second-order valence-electron chi connectivity index (χ2n) is 8.26. The molecule has 0 saturated carbocycles. The topological polar surface area (TPSA) is 97.1 Å². The summed E-state index contributed by atoms with van der Waals surface area (Å²) in [5, 5.41) is 15.1. The van der Waals surface area contributed by atoms with Crippen LogP contribution < -0.4 is 15.1 Å². The number of para-hydroxylation sites is 2. The maximum absolute atomic E-state index is 12.1. The summed E-state index contributed by atoms with van der Waals surface area (Å²) in [6.07, 6.45) is 3.86. The second-order valence-corrected chi connectivity index (χ2v) is 8.26. The number of carbonyl (C=O) groups is 1. The van der Waals surface area contributed by atoms with Crippen molar-refractivity contribution in [2.75, 3.05) is 18.1 Å². The summed E-state index contributed by atoms with van der Waals surface area (Å²) >= 11 is 0. The van der Waals surface area contributed by atoms with Crippen molar-refractivity contribution in [1.82, 2.24) is 5.43 Å². The smallest absolute Gasteiger partial charge is 0.310 e. The molecule has 0 spiro atoms. The highest BCUT2D eigenvalue weighted by Crippen LogP contribution is 2.39. The van der Waals surface area contributed by atoms with Crippen LogP contribution in [0.15, 0.2) is 47.6 Å². The quantitative estimate of drug-likeness (QED) is 0.393. The zero-order valence-corrected chi connectivity index (χ0v) is 19.0. The van der Waals surface area contributed by atoms with Crippen molar-refractivity contribution in [3.8, 4) is 5.75 Å². The van der Waals surface area contributed by atoms with Crippen LogP contribution in [0.4, 0.5) is 11.4 Å². The fourth-order valence-electron chi connectivity index (χ4n) is 4.04. The van der Waals surface area contributed by atoms with E-state index in [-0.39, 0.29) is 23.6 Å². The van der Waals surface area contributed by atoms with Crippen molar-refractivity contribution in [3.05, 3.63) is 69.3 Å². The zero-order chi connectivity index (χ0) is 23.5. The third-order valence-corrected chi connectivity index (χ3v) is 5.50. The Morgan fingerprint density at radius 2 is 2.00 bits per heavy atom. The van der Waals surface area contributed by atoms with E-state index in [0.717, 1.165) is 23.2 Å². The van der Waals surface area contributed by atoms with E-state index in [1.54, 1.807) is 12.3 Å². The highest BCUT2D eigenvalue weighted by atomic mass is 16.6. The molecule has 0 atom stereocenters. The molecule has 1 aliphatic heterocycles. The highest BCUT2D eigenvalue weighted by Gasteiger charge is 2.30. The molecule has 0 bridgehead atoms. The van der Waals surface area contributed by atoms with Gasteiger partial charge in [0.05, 0.1) is 16.7 Å². The zero-order valence-electron chi connectivity index (χ0n) is 19.0. The maximum atomic E-state index is 12.1. The molecule has 0 aromatic heterocycles. The number of hydrazone groups is 1. The standard InChI is InChI=1S/C24H28N4O4/c1-6-27-21-11-16(2)18(12-19(21)17(3)13-24(27,4)5)14-25-26-23(29)15-32-22-10-8-7-9-20(22)28(30)31/h7-14H,6,15H2,1-5H3,(H,26,29)/b25-14-. The minimum Gasteiger partial charge on any atom is -0.477 e. The van der Waals surface area contributed by atoms with Crippen molar-refractivity contribution in [2.45, 2.75) is 40.2 Å². The molecule has 3 rings (SSSR count). The van der Waals surface area contributed by atoms with Crippen LogP contribution in [-0.4, -0.2) is 35.7 Å². The molecule has 0 unspecified atom stereocenters. The molecule has 1 N–H and O–H groups in total. The Hall–Kier alpha value is -3.68. The van der Waals surface area contributed by atoms with Crippen LogP contribution in [-0.2, 0) is 4.79 Å². The molecule has 8 heteroatoms. The number of fused-ring (bicyclic) bond motifs is 1. The SMILES string of the molecule is CCN1c2cc(C)c(/C=N\NC(=O)COc3ccccc3[N+](=O)[O-])cc2C(C)=CC1(C)C. The molecule has 0 saturated heterocycles. The molecule has 0 radical (unpaired) electrons. The van der Waals surface area contributed by atoms with E-state index in [4.69, 9.17) is 4.74 Å². The normalized spacial score (nSPS) is 14.7. The summed E-state index contributed by atoms with van der Waals surface area (Å²) in [4.78, 5) is 24.9. The van der Waals surface area contributed by atoms with E-state index < -0.39 is 10.8 Å². The largest absolute Gasteiger partial charge is 0.477 e. The number of anilines is 1.